The molecule has 0 aromatic carbocycles. The molecule has 1 saturated carbocycles. The molecule has 25 heavy (non-hydrogen) atoms. The van der Waals surface area contributed by atoms with E-state index in [9.17, 15) is 14.0 Å². The molecule has 1 aliphatic heterocycles. The molecule has 7 heteroatoms. The summed E-state index contributed by atoms with van der Waals surface area (Å²) in [5, 5.41) is 5.59. The summed E-state index contributed by atoms with van der Waals surface area (Å²) in [6, 6.07) is 1.54. The molecule has 2 amide bonds. The molecule has 3 heterocycles. The van der Waals surface area contributed by atoms with Gasteiger partial charge in [0.25, 0.3) is 11.8 Å². The van der Waals surface area contributed by atoms with E-state index in [1.807, 2.05) is 13.8 Å². The van der Waals surface area contributed by atoms with E-state index in [2.05, 4.69) is 20.6 Å². The van der Waals surface area contributed by atoms with Crippen LogP contribution in [0.3, 0.4) is 0 Å². The number of carbonyl (C=O) groups is 2. The van der Waals surface area contributed by atoms with E-state index in [-0.39, 0.29) is 17.9 Å². The number of H-pyrrole nitrogens is 1. The molecule has 128 valence electrons. The van der Waals surface area contributed by atoms with Crippen molar-refractivity contribution in [2.24, 2.45) is 0 Å². The van der Waals surface area contributed by atoms with Crippen LogP contribution in [0.15, 0.2) is 12.3 Å². The summed E-state index contributed by atoms with van der Waals surface area (Å²) in [6.45, 7) is 3.65. The zero-order chi connectivity index (χ0) is 17.7. The van der Waals surface area contributed by atoms with Crippen LogP contribution in [-0.4, -0.2) is 27.8 Å². The van der Waals surface area contributed by atoms with Gasteiger partial charge in [-0.2, -0.15) is 0 Å². The van der Waals surface area contributed by atoms with Gasteiger partial charge in [-0.15, -0.1) is 0 Å². The summed E-state index contributed by atoms with van der Waals surface area (Å²) >= 11 is 0. The number of amides is 2. The number of nitrogens with one attached hydrogen (secondary N) is 3. The van der Waals surface area contributed by atoms with Crippen LogP contribution < -0.4 is 10.6 Å². The summed E-state index contributed by atoms with van der Waals surface area (Å²) in [7, 11) is 0. The van der Waals surface area contributed by atoms with Gasteiger partial charge in [0.15, 0.2) is 0 Å². The van der Waals surface area contributed by atoms with Crippen molar-refractivity contribution in [3.63, 3.8) is 0 Å². The molecule has 2 aromatic rings. The van der Waals surface area contributed by atoms with Gasteiger partial charge in [0.05, 0.1) is 17.3 Å². The highest BCUT2D eigenvalue weighted by Crippen LogP contribution is 2.33. The minimum absolute atomic E-state index is 0.109. The number of carbonyl (C=O) groups excluding carboxylic acids is 2. The van der Waals surface area contributed by atoms with E-state index < -0.39 is 5.82 Å². The first-order valence-electron chi connectivity index (χ1n) is 8.13. The quantitative estimate of drug-likeness (QED) is 0.751. The minimum atomic E-state index is -0.509. The highest BCUT2D eigenvalue weighted by Gasteiger charge is 2.28. The maximum atomic E-state index is 13.5. The van der Waals surface area contributed by atoms with Crippen LogP contribution in [0.25, 0.3) is 11.6 Å². The molecule has 3 N–H and O–H groups in total. The average Bonchev–Trinajstić information content (AvgIpc) is 3.25. The van der Waals surface area contributed by atoms with Crippen LogP contribution >= 0.6 is 0 Å². The van der Waals surface area contributed by atoms with Gasteiger partial charge in [0.1, 0.15) is 11.6 Å². The van der Waals surface area contributed by atoms with Gasteiger partial charge in [-0.1, -0.05) is 0 Å². The minimum Gasteiger partial charge on any atom is -0.358 e. The first-order chi connectivity index (χ1) is 11.9. The van der Waals surface area contributed by atoms with Crippen LogP contribution in [-0.2, 0) is 4.79 Å². The second kappa shape index (κ2) is 5.54. The number of hydrogen-bond donors (Lipinski definition) is 3. The largest absolute Gasteiger partial charge is 0.358 e. The number of halogens is 1. The van der Waals surface area contributed by atoms with E-state index in [0.717, 1.165) is 30.3 Å². The summed E-state index contributed by atoms with van der Waals surface area (Å²) < 4.78 is 13.5. The third kappa shape index (κ3) is 2.71. The van der Waals surface area contributed by atoms with Crippen molar-refractivity contribution in [3.05, 3.63) is 46.2 Å². The Morgan fingerprint density at radius 2 is 2.16 bits per heavy atom. The summed E-state index contributed by atoms with van der Waals surface area (Å²) in [6.07, 6.45) is 4.73. The lowest BCUT2D eigenvalue weighted by Crippen LogP contribution is -2.26. The maximum Gasteiger partial charge on any atom is 0.257 e. The van der Waals surface area contributed by atoms with Crippen molar-refractivity contribution in [2.45, 2.75) is 32.7 Å². The molecule has 0 bridgehead atoms. The lowest BCUT2D eigenvalue weighted by molar-refractivity contribution is -0.110. The summed E-state index contributed by atoms with van der Waals surface area (Å²) in [5.74, 6) is -0.624. The van der Waals surface area contributed by atoms with Gasteiger partial charge in [-0.05, 0) is 44.4 Å². The first-order valence-corrected chi connectivity index (χ1v) is 8.13. The fourth-order valence-electron chi connectivity index (χ4n) is 3.07. The molecule has 0 atom stereocenters. The van der Waals surface area contributed by atoms with E-state index in [1.54, 1.807) is 6.08 Å². The fourth-order valence-corrected chi connectivity index (χ4v) is 3.07. The Bertz CT molecular complexity index is 941. The van der Waals surface area contributed by atoms with Crippen LogP contribution in [0.5, 0.6) is 0 Å². The molecule has 0 radical (unpaired) electrons. The van der Waals surface area contributed by atoms with Gasteiger partial charge >= 0.3 is 0 Å². The monoisotopic (exact) mass is 340 g/mol. The van der Waals surface area contributed by atoms with Gasteiger partial charge in [-0.25, -0.2) is 9.37 Å². The molecule has 1 aliphatic carbocycles. The Balaban J connectivity index is 1.74. The van der Waals surface area contributed by atoms with Gasteiger partial charge in [0.2, 0.25) is 0 Å². The Hall–Kier alpha value is -2.96. The second-order valence-electron chi connectivity index (χ2n) is 6.47. The van der Waals surface area contributed by atoms with E-state index in [1.165, 1.54) is 6.07 Å². The normalized spacial score (nSPS) is 17.6. The van der Waals surface area contributed by atoms with Crippen LogP contribution in [0.4, 0.5) is 10.2 Å². The summed E-state index contributed by atoms with van der Waals surface area (Å²) in [5.41, 5.74) is 3.48. The molecule has 0 saturated heterocycles. The fraction of sp³-hybridized carbons (Fsp3) is 0.278. The number of hydrogen-bond acceptors (Lipinski definition) is 3. The smallest absolute Gasteiger partial charge is 0.257 e. The number of anilines is 1. The van der Waals surface area contributed by atoms with Crippen LogP contribution in [0, 0.1) is 19.7 Å². The number of nitrogens with zero attached hydrogens (tertiary/aromatic N) is 1. The average molecular weight is 340 g/mol. The zero-order valence-corrected chi connectivity index (χ0v) is 13.9. The lowest BCUT2D eigenvalue weighted by atomic mass is 10.0. The number of aromatic nitrogens is 2. The van der Waals surface area contributed by atoms with Crippen LogP contribution in [0.2, 0.25) is 0 Å². The van der Waals surface area contributed by atoms with Crippen molar-refractivity contribution in [1.82, 2.24) is 15.3 Å². The lowest BCUT2D eigenvalue weighted by Gasteiger charge is -2.04. The third-order valence-electron chi connectivity index (χ3n) is 4.53. The predicted octanol–water partition coefficient (Wildman–Crippen LogP) is 2.55. The highest BCUT2D eigenvalue weighted by molar-refractivity contribution is 6.34. The molecule has 6 nitrogen and oxygen atoms in total. The molecule has 2 aliphatic rings. The Morgan fingerprint density at radius 1 is 1.40 bits per heavy atom. The van der Waals surface area contributed by atoms with Crippen molar-refractivity contribution in [1.29, 1.82) is 0 Å². The molecular weight excluding hydrogens is 323 g/mol. The predicted molar refractivity (Wildman–Crippen MR) is 91.5 cm³/mol. The highest BCUT2D eigenvalue weighted by atomic mass is 19.1. The second-order valence-corrected chi connectivity index (χ2v) is 6.47. The van der Waals surface area contributed by atoms with Crippen molar-refractivity contribution in [3.8, 4) is 0 Å². The Morgan fingerprint density at radius 3 is 2.88 bits per heavy atom. The van der Waals surface area contributed by atoms with Crippen molar-refractivity contribution < 1.29 is 14.0 Å². The SMILES string of the molecule is Cc1[nH]c(/C=C2\C(=O)Nc3ncc(F)cc32)c(C)c1C(=O)NC1CC1. The first kappa shape index (κ1) is 15.6. The van der Waals surface area contributed by atoms with Crippen molar-refractivity contribution in [2.75, 3.05) is 5.32 Å². The number of aryl methyl sites for hydroxylation is 1. The molecule has 0 spiro atoms. The van der Waals surface area contributed by atoms with Crippen molar-refractivity contribution >= 4 is 29.3 Å². The molecule has 4 rings (SSSR count). The third-order valence-corrected chi connectivity index (χ3v) is 4.53. The van der Waals surface area contributed by atoms with Gasteiger partial charge < -0.3 is 15.6 Å². The molecular formula is C18H17FN4O2. The van der Waals surface area contributed by atoms with E-state index in [0.29, 0.717) is 28.2 Å². The van der Waals surface area contributed by atoms with Gasteiger partial charge in [-0.3, -0.25) is 9.59 Å². The standard InChI is InChI=1S/C18H17FN4O2/c1-8-14(21-9(2)15(8)18(25)22-11-3-4-11)6-13-12-5-10(19)7-20-16(12)23-17(13)24/h5-7,11,21H,3-4H2,1-2H3,(H,22,25)(H,20,23,24)/b13-6-. The van der Waals surface area contributed by atoms with E-state index in [4.69, 9.17) is 0 Å². The molecule has 1 fully saturated rings. The Kier molecular flexibility index (Phi) is 3.45. The Labute approximate surface area is 143 Å². The summed E-state index contributed by atoms with van der Waals surface area (Å²) in [4.78, 5) is 31.6. The van der Waals surface area contributed by atoms with Gasteiger partial charge in [0, 0.05) is 23.0 Å². The maximum absolute atomic E-state index is 13.5. The zero-order valence-electron chi connectivity index (χ0n) is 13.9. The number of aromatic amines is 1. The van der Waals surface area contributed by atoms with Crippen LogP contribution in [0.1, 0.15) is 45.7 Å². The topological polar surface area (TPSA) is 86.9 Å². The number of pyridine rings is 1. The number of rotatable bonds is 3. The molecule has 2 aromatic heterocycles. The van der Waals surface area contributed by atoms with E-state index >= 15 is 0 Å². The number of fused-ring (bicyclic) bond motifs is 1. The molecule has 0 unspecified atom stereocenters.